The van der Waals surface area contributed by atoms with Gasteiger partial charge in [0.1, 0.15) is 0 Å². The molecule has 106 valence electrons. The van der Waals surface area contributed by atoms with E-state index in [0.717, 1.165) is 22.3 Å². The van der Waals surface area contributed by atoms with Crippen LogP contribution in [-0.2, 0) is 0 Å². The Hall–Kier alpha value is 0.620. The second-order valence-electron chi connectivity index (χ2n) is 6.14. The Morgan fingerprint density at radius 1 is 1.17 bits per heavy atom. The molecule has 4 heteroatoms. The number of rotatable bonds is 3. The van der Waals surface area contributed by atoms with Crippen LogP contribution in [0.3, 0.4) is 0 Å². The second kappa shape index (κ2) is 6.87. The Bertz CT molecular complexity index is 262. The minimum Gasteiger partial charge on any atom is -0.271 e. The van der Waals surface area contributed by atoms with Gasteiger partial charge in [-0.2, -0.15) is 23.5 Å². The molecule has 2 fully saturated rings. The van der Waals surface area contributed by atoms with Gasteiger partial charge in [-0.1, -0.05) is 33.6 Å². The monoisotopic (exact) mass is 288 g/mol. The molecule has 0 spiro atoms. The van der Waals surface area contributed by atoms with E-state index in [1.54, 1.807) is 0 Å². The summed E-state index contributed by atoms with van der Waals surface area (Å²) in [4.78, 5) is 0. The van der Waals surface area contributed by atoms with Crippen LogP contribution in [0.25, 0.3) is 0 Å². The molecule has 6 atom stereocenters. The largest absolute Gasteiger partial charge is 0.271 e. The molecule has 1 aliphatic heterocycles. The molecular weight excluding hydrogens is 260 g/mol. The lowest BCUT2D eigenvalue weighted by Gasteiger charge is -2.41. The number of nitrogens with two attached hydrogens (primary N) is 1. The summed E-state index contributed by atoms with van der Waals surface area (Å²) in [6, 6.07) is 0.514. The summed E-state index contributed by atoms with van der Waals surface area (Å²) in [7, 11) is 0. The fourth-order valence-corrected chi connectivity index (χ4v) is 6.54. The third-order valence-electron chi connectivity index (χ3n) is 4.65. The molecule has 2 aliphatic rings. The van der Waals surface area contributed by atoms with Gasteiger partial charge in [0.05, 0.1) is 0 Å². The molecule has 2 rings (SSSR count). The first-order valence-corrected chi connectivity index (χ1v) is 9.34. The molecule has 1 saturated heterocycles. The smallest absolute Gasteiger partial charge is 0.0365 e. The molecule has 1 heterocycles. The molecular formula is C14H28N2S2. The topological polar surface area (TPSA) is 38.0 Å². The zero-order chi connectivity index (χ0) is 13.1. The van der Waals surface area contributed by atoms with Crippen LogP contribution < -0.4 is 11.3 Å². The van der Waals surface area contributed by atoms with Crippen LogP contribution in [0.15, 0.2) is 0 Å². The SMILES string of the molecule is CC1CCCC(C(NN)C2CSC(C)C(C)S2)C1. The lowest BCUT2D eigenvalue weighted by Crippen LogP contribution is -2.51. The van der Waals surface area contributed by atoms with E-state index < -0.39 is 0 Å². The van der Waals surface area contributed by atoms with Crippen molar-refractivity contribution in [2.75, 3.05) is 5.75 Å². The number of hydrogen-bond donors (Lipinski definition) is 2. The maximum Gasteiger partial charge on any atom is 0.0365 e. The van der Waals surface area contributed by atoms with Gasteiger partial charge in [-0.15, -0.1) is 0 Å². The van der Waals surface area contributed by atoms with Crippen molar-refractivity contribution in [3.63, 3.8) is 0 Å². The van der Waals surface area contributed by atoms with Crippen molar-refractivity contribution in [2.45, 2.75) is 68.2 Å². The van der Waals surface area contributed by atoms with E-state index in [4.69, 9.17) is 5.84 Å². The highest BCUT2D eigenvalue weighted by Crippen LogP contribution is 2.41. The zero-order valence-electron chi connectivity index (χ0n) is 11.9. The summed E-state index contributed by atoms with van der Waals surface area (Å²) in [6.07, 6.45) is 5.53. The summed E-state index contributed by atoms with van der Waals surface area (Å²) in [6.45, 7) is 7.12. The van der Waals surface area contributed by atoms with Crippen molar-refractivity contribution in [1.82, 2.24) is 5.43 Å². The molecule has 6 unspecified atom stereocenters. The molecule has 3 N–H and O–H groups in total. The van der Waals surface area contributed by atoms with Crippen LogP contribution in [0, 0.1) is 11.8 Å². The number of hydrazine groups is 1. The Morgan fingerprint density at radius 3 is 2.56 bits per heavy atom. The highest BCUT2D eigenvalue weighted by molar-refractivity contribution is 8.07. The minimum absolute atomic E-state index is 0.514. The second-order valence-corrected chi connectivity index (χ2v) is 9.17. The average molecular weight is 289 g/mol. The lowest BCUT2D eigenvalue weighted by atomic mass is 9.78. The van der Waals surface area contributed by atoms with Gasteiger partial charge in [0.15, 0.2) is 0 Å². The molecule has 0 aromatic heterocycles. The molecule has 2 nitrogen and oxygen atoms in total. The van der Waals surface area contributed by atoms with E-state index >= 15 is 0 Å². The maximum atomic E-state index is 5.89. The minimum atomic E-state index is 0.514. The first kappa shape index (κ1) is 15.0. The predicted molar refractivity (Wildman–Crippen MR) is 85.0 cm³/mol. The highest BCUT2D eigenvalue weighted by atomic mass is 32.2. The predicted octanol–water partition coefficient (Wildman–Crippen LogP) is 3.27. The van der Waals surface area contributed by atoms with E-state index in [1.165, 1.54) is 31.4 Å². The first-order valence-electron chi connectivity index (χ1n) is 7.35. The zero-order valence-corrected chi connectivity index (χ0v) is 13.5. The quantitative estimate of drug-likeness (QED) is 0.617. The molecule has 0 bridgehead atoms. The van der Waals surface area contributed by atoms with Crippen molar-refractivity contribution in [3.8, 4) is 0 Å². The summed E-state index contributed by atoms with van der Waals surface area (Å²) in [5.41, 5.74) is 3.16. The third-order valence-corrected chi connectivity index (χ3v) is 8.17. The third kappa shape index (κ3) is 3.59. The molecule has 0 amide bonds. The highest BCUT2D eigenvalue weighted by Gasteiger charge is 2.36. The molecule has 1 saturated carbocycles. The summed E-state index contributed by atoms with van der Waals surface area (Å²) in [5.74, 6) is 8.82. The van der Waals surface area contributed by atoms with Crippen LogP contribution in [0.5, 0.6) is 0 Å². The average Bonchev–Trinajstić information content (AvgIpc) is 2.35. The number of nitrogens with one attached hydrogen (secondary N) is 1. The van der Waals surface area contributed by atoms with Gasteiger partial charge in [0, 0.05) is 27.5 Å². The summed E-state index contributed by atoms with van der Waals surface area (Å²) < 4.78 is 0. The Balaban J connectivity index is 1.95. The Morgan fingerprint density at radius 2 is 1.94 bits per heavy atom. The van der Waals surface area contributed by atoms with Gasteiger partial charge in [-0.3, -0.25) is 11.3 Å². The lowest BCUT2D eigenvalue weighted by molar-refractivity contribution is 0.223. The van der Waals surface area contributed by atoms with Gasteiger partial charge >= 0.3 is 0 Å². The molecule has 0 aromatic carbocycles. The van der Waals surface area contributed by atoms with Crippen molar-refractivity contribution in [1.29, 1.82) is 0 Å². The van der Waals surface area contributed by atoms with Crippen LogP contribution >= 0.6 is 23.5 Å². The van der Waals surface area contributed by atoms with E-state index in [1.807, 2.05) is 0 Å². The van der Waals surface area contributed by atoms with Crippen molar-refractivity contribution < 1.29 is 0 Å². The van der Waals surface area contributed by atoms with Gasteiger partial charge in [-0.05, 0) is 24.7 Å². The maximum absolute atomic E-state index is 5.89. The van der Waals surface area contributed by atoms with Gasteiger partial charge in [0.2, 0.25) is 0 Å². The molecule has 1 aliphatic carbocycles. The van der Waals surface area contributed by atoms with Gasteiger partial charge in [-0.25, -0.2) is 0 Å². The van der Waals surface area contributed by atoms with Crippen molar-refractivity contribution in [3.05, 3.63) is 0 Å². The fraction of sp³-hybridized carbons (Fsp3) is 1.00. The Labute approximate surface area is 121 Å². The van der Waals surface area contributed by atoms with Crippen LogP contribution in [0.1, 0.15) is 46.5 Å². The van der Waals surface area contributed by atoms with E-state index in [9.17, 15) is 0 Å². The normalized spacial score (nSPS) is 43.7. The number of hydrogen-bond acceptors (Lipinski definition) is 4. The van der Waals surface area contributed by atoms with Crippen LogP contribution in [0.4, 0.5) is 0 Å². The Kier molecular flexibility index (Phi) is 5.73. The van der Waals surface area contributed by atoms with Gasteiger partial charge in [0.25, 0.3) is 0 Å². The van der Waals surface area contributed by atoms with E-state index in [0.29, 0.717) is 11.3 Å². The standard InChI is InChI=1S/C14H28N2S2/c1-9-5-4-6-12(7-9)14(16-15)13-8-17-10(2)11(3)18-13/h9-14,16H,4-8,15H2,1-3H3. The molecule has 0 aromatic rings. The van der Waals surface area contributed by atoms with E-state index in [2.05, 4.69) is 49.7 Å². The fourth-order valence-electron chi connectivity index (χ4n) is 3.35. The summed E-state index contributed by atoms with van der Waals surface area (Å²) in [5, 5.41) is 2.24. The number of thioether (sulfide) groups is 2. The molecule has 0 radical (unpaired) electrons. The van der Waals surface area contributed by atoms with Crippen LogP contribution in [0.2, 0.25) is 0 Å². The van der Waals surface area contributed by atoms with Gasteiger partial charge < -0.3 is 0 Å². The van der Waals surface area contributed by atoms with Crippen molar-refractivity contribution >= 4 is 23.5 Å². The van der Waals surface area contributed by atoms with Crippen LogP contribution in [-0.4, -0.2) is 27.5 Å². The first-order chi connectivity index (χ1) is 8.61. The van der Waals surface area contributed by atoms with Crippen molar-refractivity contribution in [2.24, 2.45) is 17.7 Å². The molecule has 18 heavy (non-hydrogen) atoms. The summed E-state index contributed by atoms with van der Waals surface area (Å²) >= 11 is 4.29. The van der Waals surface area contributed by atoms with E-state index in [-0.39, 0.29) is 0 Å².